The molecule has 1 aromatic carbocycles. The summed E-state index contributed by atoms with van der Waals surface area (Å²) in [7, 11) is 3.16. The van der Waals surface area contributed by atoms with Crippen LogP contribution in [0.5, 0.6) is 0 Å². The quantitative estimate of drug-likeness (QED) is 0.756. The Bertz CT molecular complexity index is 1050. The minimum atomic E-state index is -0.600. The summed E-state index contributed by atoms with van der Waals surface area (Å²) in [5, 5.41) is 3.16. The highest BCUT2D eigenvalue weighted by Crippen LogP contribution is 2.13. The molecular weight excluding hydrogens is 334 g/mol. The molecule has 0 unspecified atom stereocenters. The Balaban J connectivity index is 1.96. The molecule has 1 N–H and O–H groups in total. The second-order valence-corrected chi connectivity index (χ2v) is 5.75. The van der Waals surface area contributed by atoms with E-state index in [1.165, 1.54) is 22.5 Å². The number of nitrogens with zero attached hydrogens (tertiary/aromatic N) is 4. The number of fused-ring (bicyclic) bond motifs is 1. The highest BCUT2D eigenvalue weighted by atomic mass is 35.5. The summed E-state index contributed by atoms with van der Waals surface area (Å²) in [5.41, 5.74) is -0.0917. The van der Waals surface area contributed by atoms with Gasteiger partial charge in [0.25, 0.3) is 5.56 Å². The zero-order valence-electron chi connectivity index (χ0n) is 13.0. The molecule has 1 amide bonds. The maximum absolute atomic E-state index is 12.5. The van der Waals surface area contributed by atoms with E-state index < -0.39 is 23.7 Å². The molecule has 8 nitrogen and oxygen atoms in total. The number of aryl methyl sites for hydroxylation is 2. The lowest BCUT2D eigenvalue weighted by molar-refractivity contribution is -0.116. The average Bonchev–Trinajstić information content (AvgIpc) is 2.94. The Kier molecular flexibility index (Phi) is 3.98. The lowest BCUT2D eigenvalue weighted by Gasteiger charge is -2.09. The molecule has 124 valence electrons. The van der Waals surface area contributed by atoms with Crippen LogP contribution < -0.4 is 16.6 Å². The number of anilines is 1. The highest BCUT2D eigenvalue weighted by molar-refractivity contribution is 6.30. The summed E-state index contributed by atoms with van der Waals surface area (Å²) in [4.78, 5) is 41.0. The third-order valence-electron chi connectivity index (χ3n) is 3.63. The molecule has 0 bridgehead atoms. The standard InChI is InChI=1S/C15H14ClN5O3/c1-19-8-17-13-12(19)14(23)21(15(24)20(13)2)7-11(22)18-10-5-3-9(16)4-6-10/h3-6,8H,7H2,1-2H3,(H,18,22). The van der Waals surface area contributed by atoms with Crippen molar-refractivity contribution in [3.63, 3.8) is 0 Å². The van der Waals surface area contributed by atoms with Crippen molar-refractivity contribution >= 4 is 34.4 Å². The molecule has 24 heavy (non-hydrogen) atoms. The number of amides is 1. The van der Waals surface area contributed by atoms with Crippen molar-refractivity contribution in [1.82, 2.24) is 18.7 Å². The maximum Gasteiger partial charge on any atom is 0.332 e. The lowest BCUT2D eigenvalue weighted by Crippen LogP contribution is -2.42. The van der Waals surface area contributed by atoms with Crippen LogP contribution in [0.4, 0.5) is 5.69 Å². The van der Waals surface area contributed by atoms with Crippen molar-refractivity contribution in [3.8, 4) is 0 Å². The fraction of sp³-hybridized carbons (Fsp3) is 0.200. The first-order chi connectivity index (χ1) is 11.4. The summed E-state index contributed by atoms with van der Waals surface area (Å²) in [5.74, 6) is -0.488. The molecule has 3 aromatic rings. The van der Waals surface area contributed by atoms with Crippen LogP contribution >= 0.6 is 11.6 Å². The van der Waals surface area contributed by atoms with Crippen LogP contribution in [0.1, 0.15) is 0 Å². The predicted octanol–water partition coefficient (Wildman–Crippen LogP) is 0.726. The number of nitrogens with one attached hydrogen (secondary N) is 1. The van der Waals surface area contributed by atoms with Gasteiger partial charge in [0, 0.05) is 24.8 Å². The van der Waals surface area contributed by atoms with Crippen molar-refractivity contribution in [2.45, 2.75) is 6.54 Å². The van der Waals surface area contributed by atoms with E-state index in [9.17, 15) is 14.4 Å². The van der Waals surface area contributed by atoms with E-state index in [1.807, 2.05) is 0 Å². The zero-order valence-corrected chi connectivity index (χ0v) is 13.7. The summed E-state index contributed by atoms with van der Waals surface area (Å²) < 4.78 is 3.65. The molecule has 0 atom stereocenters. The van der Waals surface area contributed by atoms with E-state index >= 15 is 0 Å². The Morgan fingerprint density at radius 2 is 1.88 bits per heavy atom. The Morgan fingerprint density at radius 3 is 2.54 bits per heavy atom. The number of carbonyl (C=O) groups is 1. The monoisotopic (exact) mass is 347 g/mol. The van der Waals surface area contributed by atoms with E-state index in [1.54, 1.807) is 31.3 Å². The second-order valence-electron chi connectivity index (χ2n) is 5.32. The molecule has 2 aromatic heterocycles. The Hall–Kier alpha value is -2.87. The Labute approximate surface area is 140 Å². The van der Waals surface area contributed by atoms with Crippen molar-refractivity contribution in [3.05, 3.63) is 56.5 Å². The fourth-order valence-corrected chi connectivity index (χ4v) is 2.54. The van der Waals surface area contributed by atoms with Gasteiger partial charge in [0.1, 0.15) is 6.54 Å². The second kappa shape index (κ2) is 5.97. The lowest BCUT2D eigenvalue weighted by atomic mass is 10.3. The topological polar surface area (TPSA) is 90.9 Å². The molecule has 0 aliphatic heterocycles. The first-order valence-corrected chi connectivity index (χ1v) is 7.42. The van der Waals surface area contributed by atoms with Crippen LogP contribution in [0.3, 0.4) is 0 Å². The summed E-state index contributed by atoms with van der Waals surface area (Å²) >= 11 is 5.79. The van der Waals surface area contributed by atoms with Crippen LogP contribution in [0.25, 0.3) is 11.2 Å². The third kappa shape index (κ3) is 2.71. The van der Waals surface area contributed by atoms with Gasteiger partial charge >= 0.3 is 5.69 Å². The van der Waals surface area contributed by atoms with Gasteiger partial charge in [-0.05, 0) is 24.3 Å². The van der Waals surface area contributed by atoms with Gasteiger partial charge in [0.15, 0.2) is 11.2 Å². The highest BCUT2D eigenvalue weighted by Gasteiger charge is 2.16. The molecule has 0 aliphatic carbocycles. The van der Waals surface area contributed by atoms with E-state index in [-0.39, 0.29) is 11.2 Å². The molecular formula is C15H14ClN5O3. The van der Waals surface area contributed by atoms with Crippen LogP contribution in [0.15, 0.2) is 40.2 Å². The van der Waals surface area contributed by atoms with Crippen LogP contribution in [0, 0.1) is 0 Å². The van der Waals surface area contributed by atoms with Crippen molar-refractivity contribution in [1.29, 1.82) is 0 Å². The molecule has 2 heterocycles. The molecule has 0 saturated carbocycles. The van der Waals surface area contributed by atoms with E-state index in [4.69, 9.17) is 11.6 Å². The number of carbonyl (C=O) groups excluding carboxylic acids is 1. The smallest absolute Gasteiger partial charge is 0.328 e. The van der Waals surface area contributed by atoms with Gasteiger partial charge in [-0.25, -0.2) is 14.3 Å². The number of benzene rings is 1. The predicted molar refractivity (Wildman–Crippen MR) is 90.3 cm³/mol. The molecule has 0 spiro atoms. The summed E-state index contributed by atoms with van der Waals surface area (Å²) in [6, 6.07) is 6.52. The number of imidazole rings is 1. The van der Waals surface area contributed by atoms with Crippen molar-refractivity contribution in [2.75, 3.05) is 5.32 Å². The average molecular weight is 348 g/mol. The van der Waals surface area contributed by atoms with Crippen LogP contribution in [-0.4, -0.2) is 24.6 Å². The fourth-order valence-electron chi connectivity index (χ4n) is 2.41. The number of aromatic nitrogens is 4. The molecule has 0 aliphatic rings. The SMILES string of the molecule is Cn1cnc2c1c(=O)n(CC(=O)Nc1ccc(Cl)cc1)c(=O)n2C. The maximum atomic E-state index is 12.5. The summed E-state index contributed by atoms with van der Waals surface area (Å²) in [6.07, 6.45) is 1.45. The number of hydrogen-bond donors (Lipinski definition) is 1. The van der Waals surface area contributed by atoms with Gasteiger partial charge in [0.05, 0.1) is 6.33 Å². The third-order valence-corrected chi connectivity index (χ3v) is 3.88. The zero-order chi connectivity index (χ0) is 17.4. The number of halogens is 1. The molecule has 0 saturated heterocycles. The minimum absolute atomic E-state index is 0.261. The first kappa shape index (κ1) is 16.0. The normalized spacial score (nSPS) is 11.0. The molecule has 0 fully saturated rings. The van der Waals surface area contributed by atoms with Crippen LogP contribution in [-0.2, 0) is 25.4 Å². The number of rotatable bonds is 3. The van der Waals surface area contributed by atoms with Crippen molar-refractivity contribution < 1.29 is 4.79 Å². The number of hydrogen-bond acceptors (Lipinski definition) is 4. The van der Waals surface area contributed by atoms with Gasteiger partial charge in [-0.2, -0.15) is 0 Å². The summed E-state index contributed by atoms with van der Waals surface area (Å²) in [6.45, 7) is -0.394. The van der Waals surface area contributed by atoms with Gasteiger partial charge in [0.2, 0.25) is 5.91 Å². The first-order valence-electron chi connectivity index (χ1n) is 7.04. The minimum Gasteiger partial charge on any atom is -0.328 e. The van der Waals surface area contributed by atoms with Crippen molar-refractivity contribution in [2.24, 2.45) is 14.1 Å². The van der Waals surface area contributed by atoms with Gasteiger partial charge in [-0.3, -0.25) is 14.2 Å². The van der Waals surface area contributed by atoms with Gasteiger partial charge in [-0.1, -0.05) is 11.6 Å². The van der Waals surface area contributed by atoms with E-state index in [0.717, 1.165) is 4.57 Å². The Morgan fingerprint density at radius 1 is 1.21 bits per heavy atom. The van der Waals surface area contributed by atoms with E-state index in [0.29, 0.717) is 10.7 Å². The molecule has 9 heteroatoms. The van der Waals surface area contributed by atoms with Gasteiger partial charge in [-0.15, -0.1) is 0 Å². The molecule has 3 rings (SSSR count). The van der Waals surface area contributed by atoms with Crippen LogP contribution in [0.2, 0.25) is 5.02 Å². The van der Waals surface area contributed by atoms with E-state index in [2.05, 4.69) is 10.3 Å². The van der Waals surface area contributed by atoms with Gasteiger partial charge < -0.3 is 9.88 Å². The molecule has 0 radical (unpaired) electrons. The largest absolute Gasteiger partial charge is 0.332 e.